The molecule has 0 radical (unpaired) electrons. The van der Waals surface area contributed by atoms with Crippen LogP contribution in [0.5, 0.6) is 0 Å². The molecule has 0 atom stereocenters. The van der Waals surface area contributed by atoms with Crippen LogP contribution >= 0.6 is 0 Å². The summed E-state index contributed by atoms with van der Waals surface area (Å²) in [5.41, 5.74) is 8.04. The molecule has 0 fully saturated rings. The molecule has 84 valence electrons. The predicted octanol–water partition coefficient (Wildman–Crippen LogP) is 1.14. The first kappa shape index (κ1) is 9.77. The van der Waals surface area contributed by atoms with Crippen molar-refractivity contribution >= 4 is 27.7 Å². The lowest BCUT2D eigenvalue weighted by Gasteiger charge is -2.00. The van der Waals surface area contributed by atoms with Gasteiger partial charge < -0.3 is 10.7 Å². The molecule has 17 heavy (non-hydrogen) atoms. The number of nitrogens with one attached hydrogen (secondary N) is 1. The van der Waals surface area contributed by atoms with E-state index >= 15 is 0 Å². The SMILES string of the molecule is NC(=O)Cc1cccc2[nH]c3cnncc3c12. The van der Waals surface area contributed by atoms with Gasteiger partial charge in [0, 0.05) is 16.3 Å². The van der Waals surface area contributed by atoms with Crippen LogP contribution in [0.15, 0.2) is 30.6 Å². The number of H-pyrrole nitrogens is 1. The van der Waals surface area contributed by atoms with Crippen LogP contribution in [0.4, 0.5) is 0 Å². The van der Waals surface area contributed by atoms with Crippen LogP contribution in [0.3, 0.4) is 0 Å². The normalized spacial score (nSPS) is 11.1. The van der Waals surface area contributed by atoms with E-state index in [0.717, 1.165) is 27.4 Å². The minimum atomic E-state index is -0.339. The molecule has 0 aliphatic carbocycles. The number of hydrogen-bond acceptors (Lipinski definition) is 3. The number of aromatic nitrogens is 3. The molecule has 0 aliphatic heterocycles. The summed E-state index contributed by atoms with van der Waals surface area (Å²) in [4.78, 5) is 14.3. The number of rotatable bonds is 2. The number of primary amides is 1. The molecule has 1 amide bonds. The number of aromatic amines is 1. The Labute approximate surface area is 96.6 Å². The van der Waals surface area contributed by atoms with Gasteiger partial charge in [-0.2, -0.15) is 10.2 Å². The third kappa shape index (κ3) is 1.52. The van der Waals surface area contributed by atoms with Crippen LogP contribution in [-0.4, -0.2) is 21.1 Å². The zero-order valence-corrected chi connectivity index (χ0v) is 8.97. The smallest absolute Gasteiger partial charge is 0.221 e. The van der Waals surface area contributed by atoms with E-state index < -0.39 is 0 Å². The molecule has 3 N–H and O–H groups in total. The van der Waals surface area contributed by atoms with Crippen LogP contribution in [0, 0.1) is 0 Å². The molecule has 5 nitrogen and oxygen atoms in total. The standard InChI is InChI=1S/C12H10N4O/c13-11(17)4-7-2-1-3-9-12(7)8-5-14-15-6-10(8)16-9/h1-3,5-6,16H,4H2,(H2,13,17). The average Bonchev–Trinajstić information content (AvgIpc) is 2.67. The molecule has 5 heteroatoms. The molecule has 3 rings (SSSR count). The Balaban J connectivity index is 2.39. The molecular weight excluding hydrogens is 216 g/mol. The van der Waals surface area contributed by atoms with Gasteiger partial charge in [0.2, 0.25) is 5.91 Å². The Hall–Kier alpha value is -2.43. The first-order valence-corrected chi connectivity index (χ1v) is 5.24. The van der Waals surface area contributed by atoms with Gasteiger partial charge in [0.05, 0.1) is 24.3 Å². The van der Waals surface area contributed by atoms with Gasteiger partial charge in [-0.25, -0.2) is 0 Å². The largest absolute Gasteiger partial charge is 0.369 e. The van der Waals surface area contributed by atoms with E-state index in [4.69, 9.17) is 5.73 Å². The van der Waals surface area contributed by atoms with Gasteiger partial charge in [0.15, 0.2) is 0 Å². The lowest BCUT2D eigenvalue weighted by molar-refractivity contribution is -0.117. The van der Waals surface area contributed by atoms with Gasteiger partial charge >= 0.3 is 0 Å². The number of fused-ring (bicyclic) bond motifs is 3. The fourth-order valence-electron chi connectivity index (χ4n) is 2.12. The van der Waals surface area contributed by atoms with Crippen molar-refractivity contribution in [3.8, 4) is 0 Å². The van der Waals surface area contributed by atoms with E-state index in [1.54, 1.807) is 12.4 Å². The maximum Gasteiger partial charge on any atom is 0.221 e. The fourth-order valence-corrected chi connectivity index (χ4v) is 2.12. The number of amides is 1. The van der Waals surface area contributed by atoms with Crippen LogP contribution in [0.2, 0.25) is 0 Å². The molecular formula is C12H10N4O. The van der Waals surface area contributed by atoms with Gasteiger partial charge in [-0.05, 0) is 11.6 Å². The summed E-state index contributed by atoms with van der Waals surface area (Å²) < 4.78 is 0. The Morgan fingerprint density at radius 2 is 2.06 bits per heavy atom. The summed E-state index contributed by atoms with van der Waals surface area (Å²) in [5, 5.41) is 9.66. The number of carbonyl (C=O) groups excluding carboxylic acids is 1. The summed E-state index contributed by atoms with van der Waals surface area (Å²) in [6, 6.07) is 5.76. The van der Waals surface area contributed by atoms with E-state index in [0.29, 0.717) is 0 Å². The second-order valence-electron chi connectivity index (χ2n) is 3.92. The minimum absolute atomic E-state index is 0.229. The van der Waals surface area contributed by atoms with E-state index in [9.17, 15) is 4.79 Å². The van der Waals surface area contributed by atoms with Gasteiger partial charge in [-0.15, -0.1) is 0 Å². The Morgan fingerprint density at radius 1 is 1.24 bits per heavy atom. The van der Waals surface area contributed by atoms with Crippen molar-refractivity contribution in [2.75, 3.05) is 0 Å². The number of hydrogen-bond donors (Lipinski definition) is 2. The highest BCUT2D eigenvalue weighted by atomic mass is 16.1. The van der Waals surface area contributed by atoms with Gasteiger partial charge in [-0.1, -0.05) is 12.1 Å². The first-order valence-electron chi connectivity index (χ1n) is 5.24. The second-order valence-corrected chi connectivity index (χ2v) is 3.92. The van der Waals surface area contributed by atoms with E-state index in [1.807, 2.05) is 18.2 Å². The van der Waals surface area contributed by atoms with Crippen LogP contribution < -0.4 is 5.73 Å². The monoisotopic (exact) mass is 226 g/mol. The quantitative estimate of drug-likeness (QED) is 0.687. The maximum absolute atomic E-state index is 11.1. The number of benzene rings is 1. The summed E-state index contributed by atoms with van der Waals surface area (Å²) in [6.07, 6.45) is 3.59. The number of carbonyl (C=O) groups is 1. The van der Waals surface area contributed by atoms with Gasteiger partial charge in [-0.3, -0.25) is 4.79 Å². The summed E-state index contributed by atoms with van der Waals surface area (Å²) in [5.74, 6) is -0.339. The van der Waals surface area contributed by atoms with Crippen molar-refractivity contribution in [1.82, 2.24) is 15.2 Å². The van der Waals surface area contributed by atoms with Crippen LogP contribution in [0.1, 0.15) is 5.56 Å². The highest BCUT2D eigenvalue weighted by Crippen LogP contribution is 2.27. The maximum atomic E-state index is 11.1. The van der Waals surface area contributed by atoms with Crippen LogP contribution in [0.25, 0.3) is 21.8 Å². The van der Waals surface area contributed by atoms with Crippen molar-refractivity contribution in [2.24, 2.45) is 5.73 Å². The summed E-state index contributed by atoms with van der Waals surface area (Å²) >= 11 is 0. The molecule has 0 spiro atoms. The van der Waals surface area contributed by atoms with E-state index in [2.05, 4.69) is 15.2 Å². The van der Waals surface area contributed by atoms with Crippen LogP contribution in [-0.2, 0) is 11.2 Å². The Morgan fingerprint density at radius 3 is 2.88 bits per heavy atom. The fraction of sp³-hybridized carbons (Fsp3) is 0.0833. The third-order valence-electron chi connectivity index (χ3n) is 2.78. The van der Waals surface area contributed by atoms with E-state index in [1.165, 1.54) is 0 Å². The number of nitrogens with zero attached hydrogens (tertiary/aromatic N) is 2. The van der Waals surface area contributed by atoms with Crippen molar-refractivity contribution in [3.63, 3.8) is 0 Å². The summed E-state index contributed by atoms with van der Waals surface area (Å²) in [7, 11) is 0. The molecule has 2 aromatic heterocycles. The second kappa shape index (κ2) is 3.55. The minimum Gasteiger partial charge on any atom is -0.369 e. The van der Waals surface area contributed by atoms with Crippen molar-refractivity contribution in [3.05, 3.63) is 36.2 Å². The molecule has 1 aromatic carbocycles. The highest BCUT2D eigenvalue weighted by Gasteiger charge is 2.10. The van der Waals surface area contributed by atoms with Gasteiger partial charge in [0.1, 0.15) is 0 Å². The lowest BCUT2D eigenvalue weighted by Crippen LogP contribution is -2.13. The number of nitrogens with two attached hydrogens (primary N) is 1. The molecule has 0 bridgehead atoms. The topological polar surface area (TPSA) is 84.7 Å². The van der Waals surface area contributed by atoms with Crippen molar-refractivity contribution in [2.45, 2.75) is 6.42 Å². The molecule has 3 aromatic rings. The first-order chi connectivity index (χ1) is 8.25. The average molecular weight is 226 g/mol. The molecule has 0 saturated heterocycles. The lowest BCUT2D eigenvalue weighted by atomic mass is 10.0. The van der Waals surface area contributed by atoms with E-state index in [-0.39, 0.29) is 12.3 Å². The van der Waals surface area contributed by atoms with Crippen molar-refractivity contribution < 1.29 is 4.79 Å². The molecule has 0 unspecified atom stereocenters. The highest BCUT2D eigenvalue weighted by molar-refractivity contribution is 6.09. The molecule has 0 saturated carbocycles. The molecule has 2 heterocycles. The summed E-state index contributed by atoms with van der Waals surface area (Å²) in [6.45, 7) is 0. The Bertz CT molecular complexity index is 717. The van der Waals surface area contributed by atoms with Crippen molar-refractivity contribution in [1.29, 1.82) is 0 Å². The third-order valence-corrected chi connectivity index (χ3v) is 2.78. The zero-order chi connectivity index (χ0) is 11.8. The zero-order valence-electron chi connectivity index (χ0n) is 8.97. The van der Waals surface area contributed by atoms with Gasteiger partial charge in [0.25, 0.3) is 0 Å². The predicted molar refractivity (Wildman–Crippen MR) is 64.3 cm³/mol. The molecule has 0 aliphatic rings. The Kier molecular flexibility index (Phi) is 2.04.